The molecule has 0 aromatic carbocycles. The van der Waals surface area contributed by atoms with Crippen molar-refractivity contribution in [1.29, 1.82) is 0 Å². The van der Waals surface area contributed by atoms with Crippen LogP contribution in [0.2, 0.25) is 0 Å². The number of carboxylic acids is 1. The summed E-state index contributed by atoms with van der Waals surface area (Å²) in [6.07, 6.45) is 0.204. The number of amides is 2. The van der Waals surface area contributed by atoms with Gasteiger partial charge in [0.2, 0.25) is 0 Å². The number of carboxylic acid groups (broad SMARTS) is 1. The number of hydrogen-bond donors (Lipinski definition) is 3. The molecule has 0 radical (unpaired) electrons. The first-order chi connectivity index (χ1) is 8.93. The molecule has 19 heavy (non-hydrogen) atoms. The molecule has 3 N–H and O–H groups in total. The number of rotatable bonds is 6. The zero-order chi connectivity index (χ0) is 14.4. The van der Waals surface area contributed by atoms with Crippen LogP contribution in [0, 0.1) is 13.8 Å². The number of nitrogens with one attached hydrogen (secondary N) is 2. The lowest BCUT2D eigenvalue weighted by molar-refractivity contribution is -0.139. The standard InChI is InChI=1S/C11H17N3O4S/c1-6-7(2)19-11(12-6)14-10(17)13-8(9(15)16)4-5-18-3/h8H,4-5H2,1-3H3,(H,15,16)(H2,12,13,14,17). The summed E-state index contributed by atoms with van der Waals surface area (Å²) in [7, 11) is 1.47. The van der Waals surface area contributed by atoms with E-state index in [1.807, 2.05) is 13.8 Å². The van der Waals surface area contributed by atoms with Crippen molar-refractivity contribution >= 4 is 28.5 Å². The number of nitrogens with zero attached hydrogens (tertiary/aromatic N) is 1. The molecule has 2 amide bonds. The van der Waals surface area contributed by atoms with Gasteiger partial charge in [-0.15, -0.1) is 11.3 Å². The van der Waals surface area contributed by atoms with Gasteiger partial charge in [-0.1, -0.05) is 0 Å². The summed E-state index contributed by atoms with van der Waals surface area (Å²) in [6, 6.07) is -1.57. The van der Waals surface area contributed by atoms with E-state index in [4.69, 9.17) is 9.84 Å². The van der Waals surface area contributed by atoms with E-state index >= 15 is 0 Å². The second kappa shape index (κ2) is 7.05. The molecule has 0 aliphatic rings. The zero-order valence-corrected chi connectivity index (χ0v) is 11.8. The predicted molar refractivity (Wildman–Crippen MR) is 71.7 cm³/mol. The highest BCUT2D eigenvalue weighted by Gasteiger charge is 2.20. The number of aromatic nitrogens is 1. The number of hydrogen-bond acceptors (Lipinski definition) is 5. The summed E-state index contributed by atoms with van der Waals surface area (Å²) in [6.45, 7) is 4.00. The molecule has 0 saturated heterocycles. The van der Waals surface area contributed by atoms with Gasteiger partial charge in [-0.25, -0.2) is 14.6 Å². The van der Waals surface area contributed by atoms with Crippen molar-refractivity contribution in [3.05, 3.63) is 10.6 Å². The highest BCUT2D eigenvalue weighted by molar-refractivity contribution is 7.15. The smallest absolute Gasteiger partial charge is 0.326 e. The number of methoxy groups -OCH3 is 1. The number of anilines is 1. The van der Waals surface area contributed by atoms with Crippen LogP contribution in [0.15, 0.2) is 0 Å². The van der Waals surface area contributed by atoms with Crippen molar-refractivity contribution in [2.24, 2.45) is 0 Å². The highest BCUT2D eigenvalue weighted by atomic mass is 32.1. The minimum absolute atomic E-state index is 0.204. The maximum Gasteiger partial charge on any atom is 0.326 e. The van der Waals surface area contributed by atoms with Gasteiger partial charge in [-0.3, -0.25) is 5.32 Å². The average molecular weight is 287 g/mol. The number of aliphatic carboxylic acids is 1. The van der Waals surface area contributed by atoms with Gasteiger partial charge < -0.3 is 15.2 Å². The summed E-state index contributed by atoms with van der Waals surface area (Å²) in [5.74, 6) is -1.10. The Balaban J connectivity index is 2.54. The Hall–Kier alpha value is -1.67. The average Bonchev–Trinajstić information content (AvgIpc) is 2.63. The summed E-state index contributed by atoms with van der Waals surface area (Å²) in [4.78, 5) is 27.7. The van der Waals surface area contributed by atoms with Crippen LogP contribution in [0.5, 0.6) is 0 Å². The number of ether oxygens (including phenoxy) is 1. The lowest BCUT2D eigenvalue weighted by Crippen LogP contribution is -2.43. The summed E-state index contributed by atoms with van der Waals surface area (Å²) in [5, 5.41) is 14.3. The maximum absolute atomic E-state index is 11.7. The molecular weight excluding hydrogens is 270 g/mol. The fraction of sp³-hybridized carbons (Fsp3) is 0.545. The Labute approximate surface area is 115 Å². The van der Waals surface area contributed by atoms with E-state index in [-0.39, 0.29) is 13.0 Å². The quantitative estimate of drug-likeness (QED) is 0.733. The summed E-state index contributed by atoms with van der Waals surface area (Å²) < 4.78 is 4.80. The van der Waals surface area contributed by atoms with E-state index in [9.17, 15) is 9.59 Å². The maximum atomic E-state index is 11.7. The molecule has 0 saturated carbocycles. The third kappa shape index (κ3) is 4.84. The van der Waals surface area contributed by atoms with Crippen molar-refractivity contribution in [3.63, 3.8) is 0 Å². The molecular formula is C11H17N3O4S. The van der Waals surface area contributed by atoms with Crippen LogP contribution in [0.3, 0.4) is 0 Å². The SMILES string of the molecule is COCCC(NC(=O)Nc1nc(C)c(C)s1)C(=O)O. The van der Waals surface area contributed by atoms with E-state index in [1.165, 1.54) is 18.4 Å². The molecule has 1 unspecified atom stereocenters. The van der Waals surface area contributed by atoms with Gasteiger partial charge in [0.15, 0.2) is 5.13 Å². The molecule has 1 aromatic heterocycles. The van der Waals surface area contributed by atoms with Crippen molar-refractivity contribution in [2.45, 2.75) is 26.3 Å². The molecule has 1 aromatic rings. The van der Waals surface area contributed by atoms with Gasteiger partial charge in [0.05, 0.1) is 5.69 Å². The van der Waals surface area contributed by atoms with E-state index in [0.29, 0.717) is 5.13 Å². The molecule has 7 nitrogen and oxygen atoms in total. The number of aryl methyl sites for hydroxylation is 2. The first-order valence-corrected chi connectivity index (χ1v) is 6.49. The monoisotopic (exact) mass is 287 g/mol. The third-order valence-corrected chi connectivity index (χ3v) is 3.45. The minimum atomic E-state index is -1.10. The molecule has 0 spiro atoms. The lowest BCUT2D eigenvalue weighted by Gasteiger charge is -2.13. The largest absolute Gasteiger partial charge is 0.480 e. The van der Waals surface area contributed by atoms with E-state index in [0.717, 1.165) is 10.6 Å². The van der Waals surface area contributed by atoms with Crippen molar-refractivity contribution in [1.82, 2.24) is 10.3 Å². The molecule has 1 atom stereocenters. The summed E-state index contributed by atoms with van der Waals surface area (Å²) in [5.41, 5.74) is 0.842. The predicted octanol–water partition coefficient (Wildman–Crippen LogP) is 1.37. The third-order valence-electron chi connectivity index (χ3n) is 2.46. The van der Waals surface area contributed by atoms with E-state index < -0.39 is 18.0 Å². The van der Waals surface area contributed by atoms with Gasteiger partial charge in [0.1, 0.15) is 6.04 Å². The topological polar surface area (TPSA) is 101 Å². The number of thiazole rings is 1. The Morgan fingerprint density at radius 2 is 2.16 bits per heavy atom. The molecule has 1 heterocycles. The van der Waals surface area contributed by atoms with Crippen LogP contribution >= 0.6 is 11.3 Å². The Kier molecular flexibility index (Phi) is 5.71. The fourth-order valence-corrected chi connectivity index (χ4v) is 2.12. The second-order valence-corrected chi connectivity index (χ2v) is 5.13. The van der Waals surface area contributed by atoms with Crippen LogP contribution in [-0.4, -0.2) is 41.8 Å². The second-order valence-electron chi connectivity index (χ2n) is 3.93. The van der Waals surface area contributed by atoms with Crippen molar-refractivity contribution in [2.75, 3.05) is 19.0 Å². The molecule has 0 bridgehead atoms. The van der Waals surface area contributed by atoms with E-state index in [1.54, 1.807) is 0 Å². The van der Waals surface area contributed by atoms with Crippen LogP contribution in [0.25, 0.3) is 0 Å². The van der Waals surface area contributed by atoms with Crippen LogP contribution < -0.4 is 10.6 Å². The van der Waals surface area contributed by atoms with Crippen LogP contribution in [0.1, 0.15) is 17.0 Å². The first kappa shape index (κ1) is 15.4. The molecule has 106 valence electrons. The van der Waals surface area contributed by atoms with Crippen LogP contribution in [0.4, 0.5) is 9.93 Å². The molecule has 1 rings (SSSR count). The van der Waals surface area contributed by atoms with Crippen molar-refractivity contribution in [3.8, 4) is 0 Å². The van der Waals surface area contributed by atoms with Gasteiger partial charge in [0.25, 0.3) is 0 Å². The molecule has 0 aliphatic heterocycles. The van der Waals surface area contributed by atoms with Crippen molar-refractivity contribution < 1.29 is 19.4 Å². The minimum Gasteiger partial charge on any atom is -0.480 e. The Morgan fingerprint density at radius 1 is 1.47 bits per heavy atom. The van der Waals surface area contributed by atoms with Crippen LogP contribution in [-0.2, 0) is 9.53 Å². The first-order valence-electron chi connectivity index (χ1n) is 5.67. The van der Waals surface area contributed by atoms with Gasteiger partial charge in [0, 0.05) is 25.0 Å². The lowest BCUT2D eigenvalue weighted by atomic mass is 10.2. The van der Waals surface area contributed by atoms with Gasteiger partial charge in [-0.2, -0.15) is 0 Å². The molecule has 0 aliphatic carbocycles. The van der Waals surface area contributed by atoms with Gasteiger partial charge in [-0.05, 0) is 13.8 Å². The fourth-order valence-electron chi connectivity index (χ4n) is 1.31. The molecule has 0 fully saturated rings. The summed E-state index contributed by atoms with van der Waals surface area (Å²) >= 11 is 1.34. The molecule has 8 heteroatoms. The van der Waals surface area contributed by atoms with E-state index in [2.05, 4.69) is 15.6 Å². The zero-order valence-electron chi connectivity index (χ0n) is 11.0. The highest BCUT2D eigenvalue weighted by Crippen LogP contribution is 2.20. The Bertz CT molecular complexity index is 441. The Morgan fingerprint density at radius 3 is 2.63 bits per heavy atom. The number of carbonyl (C=O) groups is 2. The number of carbonyl (C=O) groups excluding carboxylic acids is 1. The number of urea groups is 1. The normalized spacial score (nSPS) is 11.9. The van der Waals surface area contributed by atoms with Gasteiger partial charge >= 0.3 is 12.0 Å².